The Balaban J connectivity index is 1.68. The van der Waals surface area contributed by atoms with Crippen LogP contribution in [0, 0.1) is 23.7 Å². The summed E-state index contributed by atoms with van der Waals surface area (Å²) in [7, 11) is 3.37. The fourth-order valence-corrected chi connectivity index (χ4v) is 5.94. The second-order valence-electron chi connectivity index (χ2n) is 10.4. The number of benzene rings is 1. The molecule has 0 aromatic heterocycles. The van der Waals surface area contributed by atoms with E-state index in [0.717, 1.165) is 43.9 Å². The van der Waals surface area contributed by atoms with Gasteiger partial charge in [0, 0.05) is 24.9 Å². The Labute approximate surface area is 186 Å². The highest BCUT2D eigenvalue weighted by Gasteiger charge is 2.68. The molecule has 0 bridgehead atoms. The van der Waals surface area contributed by atoms with Gasteiger partial charge in [-0.15, -0.1) is 0 Å². The lowest BCUT2D eigenvalue weighted by Gasteiger charge is -2.47. The van der Waals surface area contributed by atoms with Crippen molar-refractivity contribution < 1.29 is 19.0 Å². The first-order chi connectivity index (χ1) is 14.7. The standard InChI is InChI=1S/C25H38N2O4/c1-14(2)9-17-13-27-8-7-16-10-20(29-5)21(30-6)11-18(16)25(27)12-19(25)23(17)31-24(28)22(26)15(3)4/h10-11,14-15,17,19,22-23H,7-9,12-13,26H2,1-6H3/t17-,19?,22+,23+,25?/m1/s1. The number of hydrogen-bond acceptors (Lipinski definition) is 6. The summed E-state index contributed by atoms with van der Waals surface area (Å²) in [6, 6.07) is 3.71. The van der Waals surface area contributed by atoms with E-state index in [-0.39, 0.29) is 23.5 Å². The van der Waals surface area contributed by atoms with Crippen LogP contribution in [0.3, 0.4) is 0 Å². The molecule has 31 heavy (non-hydrogen) atoms. The first kappa shape index (κ1) is 22.4. The second-order valence-corrected chi connectivity index (χ2v) is 10.4. The lowest BCUT2D eigenvalue weighted by atomic mass is 9.78. The smallest absolute Gasteiger partial charge is 0.323 e. The van der Waals surface area contributed by atoms with Crippen LogP contribution in [0.4, 0.5) is 0 Å². The van der Waals surface area contributed by atoms with Gasteiger partial charge in [0.2, 0.25) is 0 Å². The number of hydrogen-bond donors (Lipinski definition) is 1. The summed E-state index contributed by atoms with van der Waals surface area (Å²) in [6.07, 6.45) is 2.98. The number of esters is 1. The molecule has 3 aliphatic rings. The lowest BCUT2D eigenvalue weighted by molar-refractivity contribution is -0.161. The Morgan fingerprint density at radius 3 is 2.48 bits per heavy atom. The summed E-state index contributed by atoms with van der Waals surface area (Å²) in [5, 5.41) is 0. The Bertz CT molecular complexity index is 839. The second kappa shape index (κ2) is 8.28. The number of ether oxygens (including phenoxy) is 3. The zero-order chi connectivity index (χ0) is 22.5. The van der Waals surface area contributed by atoms with Crippen molar-refractivity contribution in [3.63, 3.8) is 0 Å². The van der Waals surface area contributed by atoms with Crippen molar-refractivity contribution in [2.45, 2.75) is 64.6 Å². The molecule has 1 aromatic carbocycles. The van der Waals surface area contributed by atoms with E-state index in [1.165, 1.54) is 11.1 Å². The van der Waals surface area contributed by atoms with E-state index in [4.69, 9.17) is 19.9 Å². The number of nitrogens with two attached hydrogens (primary N) is 1. The molecule has 5 atom stereocenters. The zero-order valence-electron chi connectivity index (χ0n) is 19.8. The molecule has 172 valence electrons. The van der Waals surface area contributed by atoms with Gasteiger partial charge in [-0.1, -0.05) is 27.7 Å². The molecule has 2 fully saturated rings. The van der Waals surface area contributed by atoms with Crippen LogP contribution in [0.2, 0.25) is 0 Å². The highest BCUT2D eigenvalue weighted by Crippen LogP contribution is 2.65. The summed E-state index contributed by atoms with van der Waals surface area (Å²) < 4.78 is 17.4. The van der Waals surface area contributed by atoms with E-state index in [9.17, 15) is 4.79 Å². The van der Waals surface area contributed by atoms with Crippen molar-refractivity contribution >= 4 is 5.97 Å². The Hall–Kier alpha value is -1.79. The largest absolute Gasteiger partial charge is 0.493 e. The third-order valence-corrected chi connectivity index (χ3v) is 7.61. The Morgan fingerprint density at radius 2 is 1.87 bits per heavy atom. The fraction of sp³-hybridized carbons (Fsp3) is 0.720. The van der Waals surface area contributed by atoms with Gasteiger partial charge in [-0.05, 0) is 54.4 Å². The Morgan fingerprint density at radius 1 is 1.19 bits per heavy atom. The summed E-state index contributed by atoms with van der Waals surface area (Å²) in [5.74, 6) is 2.54. The number of nitrogens with zero attached hydrogens (tertiary/aromatic N) is 1. The maximum absolute atomic E-state index is 12.8. The minimum atomic E-state index is -0.574. The molecule has 2 heterocycles. The number of carbonyl (C=O) groups is 1. The van der Waals surface area contributed by atoms with Gasteiger partial charge in [-0.2, -0.15) is 0 Å². The van der Waals surface area contributed by atoms with Gasteiger partial charge in [-0.25, -0.2) is 0 Å². The van der Waals surface area contributed by atoms with E-state index in [1.807, 2.05) is 13.8 Å². The van der Waals surface area contributed by atoms with Gasteiger partial charge in [0.1, 0.15) is 12.1 Å². The molecule has 4 rings (SSSR count). The summed E-state index contributed by atoms with van der Waals surface area (Å²) in [5.41, 5.74) is 8.72. The van der Waals surface area contributed by atoms with Crippen molar-refractivity contribution in [2.24, 2.45) is 29.4 Å². The molecule has 2 aliphatic heterocycles. The van der Waals surface area contributed by atoms with Gasteiger partial charge in [0.05, 0.1) is 19.8 Å². The van der Waals surface area contributed by atoms with Crippen LogP contribution in [0.25, 0.3) is 0 Å². The molecule has 1 aliphatic carbocycles. The number of rotatable bonds is 7. The van der Waals surface area contributed by atoms with E-state index >= 15 is 0 Å². The monoisotopic (exact) mass is 430 g/mol. The molecule has 1 saturated carbocycles. The van der Waals surface area contributed by atoms with E-state index in [0.29, 0.717) is 17.8 Å². The highest BCUT2D eigenvalue weighted by atomic mass is 16.5. The number of fused-ring (bicyclic) bond motifs is 1. The molecule has 0 radical (unpaired) electrons. The van der Waals surface area contributed by atoms with Crippen molar-refractivity contribution in [1.82, 2.24) is 4.90 Å². The SMILES string of the molecule is COc1cc2c(cc1OC)C13CC1[C@@H](OC(=O)[C@@H](N)C(C)C)[C@H](CC(C)C)CN3CC2. The molecular weight excluding hydrogens is 392 g/mol. The van der Waals surface area contributed by atoms with E-state index in [1.54, 1.807) is 14.2 Å². The van der Waals surface area contributed by atoms with Gasteiger partial charge in [-0.3, -0.25) is 9.69 Å². The van der Waals surface area contributed by atoms with Gasteiger partial charge in [0.15, 0.2) is 11.5 Å². The van der Waals surface area contributed by atoms with E-state index < -0.39 is 6.04 Å². The van der Waals surface area contributed by atoms with Crippen molar-refractivity contribution in [2.75, 3.05) is 27.3 Å². The third kappa shape index (κ3) is 3.72. The van der Waals surface area contributed by atoms with Gasteiger partial charge in [0.25, 0.3) is 0 Å². The first-order valence-corrected chi connectivity index (χ1v) is 11.7. The maximum Gasteiger partial charge on any atom is 0.323 e. The molecule has 6 heteroatoms. The van der Waals surface area contributed by atoms with Crippen molar-refractivity contribution in [3.05, 3.63) is 23.3 Å². The average molecular weight is 431 g/mol. The topological polar surface area (TPSA) is 74.0 Å². The van der Waals surface area contributed by atoms with Crippen molar-refractivity contribution in [3.8, 4) is 11.5 Å². The molecule has 1 aromatic rings. The summed E-state index contributed by atoms with van der Waals surface area (Å²) in [4.78, 5) is 15.5. The predicted octanol–water partition coefficient (Wildman–Crippen LogP) is 3.35. The average Bonchev–Trinajstić information content (AvgIpc) is 3.48. The minimum Gasteiger partial charge on any atom is -0.493 e. The summed E-state index contributed by atoms with van der Waals surface area (Å²) >= 11 is 0. The molecular formula is C25H38N2O4. The molecule has 2 unspecified atom stereocenters. The number of methoxy groups -OCH3 is 2. The third-order valence-electron chi connectivity index (χ3n) is 7.61. The van der Waals surface area contributed by atoms with Crippen LogP contribution in [-0.4, -0.2) is 50.3 Å². The predicted molar refractivity (Wildman–Crippen MR) is 120 cm³/mol. The lowest BCUT2D eigenvalue weighted by Crippen LogP contribution is -2.54. The molecule has 2 N–H and O–H groups in total. The van der Waals surface area contributed by atoms with Gasteiger partial charge < -0.3 is 19.9 Å². The quantitative estimate of drug-likeness (QED) is 0.669. The number of carbonyl (C=O) groups excluding carboxylic acids is 1. The summed E-state index contributed by atoms with van der Waals surface area (Å²) in [6.45, 7) is 10.4. The van der Waals surface area contributed by atoms with Crippen LogP contribution in [-0.2, 0) is 21.5 Å². The van der Waals surface area contributed by atoms with Crippen LogP contribution < -0.4 is 15.2 Å². The maximum atomic E-state index is 12.8. The normalized spacial score (nSPS) is 30.3. The molecule has 0 amide bonds. The molecule has 1 spiro atoms. The highest BCUT2D eigenvalue weighted by molar-refractivity contribution is 5.76. The molecule has 6 nitrogen and oxygen atoms in total. The van der Waals surface area contributed by atoms with Crippen LogP contribution in [0.1, 0.15) is 51.7 Å². The Kier molecular flexibility index (Phi) is 5.99. The first-order valence-electron chi connectivity index (χ1n) is 11.7. The minimum absolute atomic E-state index is 0.0620. The van der Waals surface area contributed by atoms with Crippen LogP contribution in [0.15, 0.2) is 12.1 Å². The fourth-order valence-electron chi connectivity index (χ4n) is 5.94. The van der Waals surface area contributed by atoms with Crippen LogP contribution in [0.5, 0.6) is 11.5 Å². The van der Waals surface area contributed by atoms with Crippen LogP contribution >= 0.6 is 0 Å². The van der Waals surface area contributed by atoms with Gasteiger partial charge >= 0.3 is 5.97 Å². The van der Waals surface area contributed by atoms with E-state index in [2.05, 4.69) is 30.9 Å². The zero-order valence-corrected chi connectivity index (χ0v) is 19.8. The number of piperidine rings is 1. The van der Waals surface area contributed by atoms with Crippen molar-refractivity contribution in [1.29, 1.82) is 0 Å². The molecule has 1 saturated heterocycles.